The Kier molecular flexibility index (Phi) is 5.14. The zero-order valence-corrected chi connectivity index (χ0v) is 16.5. The molecule has 0 aromatic heterocycles. The Morgan fingerprint density at radius 3 is 2.13 bits per heavy atom. The van der Waals surface area contributed by atoms with Crippen LogP contribution in [0.1, 0.15) is 23.2 Å². The minimum absolute atomic E-state index is 0.0845. The quantitative estimate of drug-likeness (QED) is 0.683. The highest BCUT2D eigenvalue weighted by atomic mass is 16.6. The second-order valence-electron chi connectivity index (χ2n) is 8.10. The number of hydrogen-bond donors (Lipinski definition) is 3. The molecule has 2 heterocycles. The summed E-state index contributed by atoms with van der Waals surface area (Å²) in [4.78, 5) is 25.1. The number of carbonyl (C=O) groups is 2. The Morgan fingerprint density at radius 2 is 1.43 bits per heavy atom. The van der Waals surface area contributed by atoms with Gasteiger partial charge in [0.2, 0.25) is 5.91 Å². The molecule has 2 aromatic carbocycles. The zero-order chi connectivity index (χ0) is 20.5. The molecule has 4 atom stereocenters. The van der Waals surface area contributed by atoms with Crippen molar-refractivity contribution in [1.82, 2.24) is 10.6 Å². The fraction of sp³-hybridized carbons (Fsp3) is 0.391. The third-order valence-electron chi connectivity index (χ3n) is 5.87. The molecule has 2 amide bonds. The van der Waals surface area contributed by atoms with Crippen molar-refractivity contribution in [2.24, 2.45) is 5.92 Å². The number of para-hydroxylation sites is 2. The molecule has 3 aliphatic rings. The van der Waals surface area contributed by atoms with Crippen molar-refractivity contribution in [1.29, 1.82) is 0 Å². The smallest absolute Gasteiger partial charge is 0.253 e. The second-order valence-corrected chi connectivity index (χ2v) is 8.10. The van der Waals surface area contributed by atoms with Gasteiger partial charge in [0.25, 0.3) is 5.91 Å². The fourth-order valence-corrected chi connectivity index (χ4v) is 4.11. The van der Waals surface area contributed by atoms with E-state index in [2.05, 4.69) is 16.0 Å². The second kappa shape index (κ2) is 8.08. The first-order valence-electron chi connectivity index (χ1n) is 10.4. The summed E-state index contributed by atoms with van der Waals surface area (Å²) in [6, 6.07) is 16.7. The lowest BCUT2D eigenvalue weighted by atomic mass is 10.0. The number of benzene rings is 2. The van der Waals surface area contributed by atoms with Crippen LogP contribution in [-0.2, 0) is 14.3 Å². The Labute approximate surface area is 175 Å². The largest absolute Gasteiger partial charge is 0.371 e. The van der Waals surface area contributed by atoms with Crippen molar-refractivity contribution in [3.63, 3.8) is 0 Å². The lowest BCUT2D eigenvalue weighted by molar-refractivity contribution is -0.123. The van der Waals surface area contributed by atoms with Gasteiger partial charge in [-0.25, -0.2) is 0 Å². The van der Waals surface area contributed by atoms with Crippen LogP contribution >= 0.6 is 0 Å². The zero-order valence-electron chi connectivity index (χ0n) is 16.5. The van der Waals surface area contributed by atoms with Gasteiger partial charge >= 0.3 is 0 Å². The first kappa shape index (κ1) is 19.1. The number of rotatable bonds is 6. The van der Waals surface area contributed by atoms with Gasteiger partial charge in [0, 0.05) is 11.6 Å². The van der Waals surface area contributed by atoms with Gasteiger partial charge < -0.3 is 25.4 Å². The highest BCUT2D eigenvalue weighted by Gasteiger charge is 2.49. The predicted octanol–water partition coefficient (Wildman–Crippen LogP) is 2.22. The number of nitrogens with one attached hydrogen (secondary N) is 3. The van der Waals surface area contributed by atoms with Gasteiger partial charge in [-0.3, -0.25) is 9.59 Å². The summed E-state index contributed by atoms with van der Waals surface area (Å²) in [6.07, 6.45) is 1.44. The van der Waals surface area contributed by atoms with E-state index in [1.807, 2.05) is 48.5 Å². The maximum atomic E-state index is 13.0. The molecule has 0 spiro atoms. The average molecular weight is 407 g/mol. The fourth-order valence-electron chi connectivity index (χ4n) is 4.11. The molecule has 0 radical (unpaired) electrons. The van der Waals surface area contributed by atoms with Crippen LogP contribution in [0.4, 0.5) is 11.4 Å². The maximum Gasteiger partial charge on any atom is 0.253 e. The molecule has 3 N–H and O–H groups in total. The van der Waals surface area contributed by atoms with E-state index in [9.17, 15) is 9.59 Å². The topological polar surface area (TPSA) is 88.7 Å². The van der Waals surface area contributed by atoms with Crippen LogP contribution in [0.5, 0.6) is 0 Å². The molecule has 7 nitrogen and oxygen atoms in total. The minimum Gasteiger partial charge on any atom is -0.371 e. The average Bonchev–Trinajstić information content (AvgIpc) is 3.44. The van der Waals surface area contributed by atoms with Crippen molar-refractivity contribution in [3.05, 3.63) is 60.2 Å². The molecule has 2 aromatic rings. The van der Waals surface area contributed by atoms with E-state index < -0.39 is 0 Å². The van der Waals surface area contributed by atoms with E-state index in [-0.39, 0.29) is 42.0 Å². The monoisotopic (exact) mass is 407 g/mol. The Morgan fingerprint density at radius 1 is 0.800 bits per heavy atom. The first-order chi connectivity index (χ1) is 14.7. The molecule has 3 fully saturated rings. The molecule has 0 bridgehead atoms. The van der Waals surface area contributed by atoms with Crippen LogP contribution in [0.2, 0.25) is 0 Å². The Hall–Kier alpha value is -2.90. The number of anilines is 2. The van der Waals surface area contributed by atoms with Crippen LogP contribution < -0.4 is 16.0 Å². The summed E-state index contributed by atoms with van der Waals surface area (Å²) in [6.45, 7) is 0.775. The normalized spacial score (nSPS) is 27.3. The summed E-state index contributed by atoms with van der Waals surface area (Å²) >= 11 is 0. The Balaban J connectivity index is 1.24. The van der Waals surface area contributed by atoms with Crippen molar-refractivity contribution in [3.8, 4) is 0 Å². The first-order valence-corrected chi connectivity index (χ1v) is 10.4. The Bertz CT molecular complexity index is 931. The lowest BCUT2D eigenvalue weighted by Crippen LogP contribution is -2.47. The minimum atomic E-state index is -0.257. The lowest BCUT2D eigenvalue weighted by Gasteiger charge is -2.19. The van der Waals surface area contributed by atoms with Gasteiger partial charge in [0.15, 0.2) is 0 Å². The van der Waals surface area contributed by atoms with Gasteiger partial charge in [0.05, 0.1) is 36.5 Å². The molecule has 7 heteroatoms. The molecule has 2 saturated heterocycles. The van der Waals surface area contributed by atoms with Crippen LogP contribution in [0, 0.1) is 5.92 Å². The standard InChI is InChI=1S/C23H25N3O4/c27-22(14-10-11-14)25-18-12-29-21-19(13-30-20(18)21)26-23(28)16-8-4-5-9-17(16)24-15-6-2-1-3-7-15/h1-9,14,18-21,24H,10-13H2,(H,25,27)(H,26,28)/t18-,19-,20+,21+/m0/s1. The van der Waals surface area contributed by atoms with Crippen LogP contribution in [0.25, 0.3) is 0 Å². The van der Waals surface area contributed by atoms with Gasteiger partial charge in [-0.05, 0) is 37.1 Å². The number of amides is 2. The van der Waals surface area contributed by atoms with Crippen LogP contribution in [0.15, 0.2) is 54.6 Å². The highest BCUT2D eigenvalue weighted by Crippen LogP contribution is 2.32. The van der Waals surface area contributed by atoms with Crippen LogP contribution in [0.3, 0.4) is 0 Å². The third kappa shape index (κ3) is 3.91. The van der Waals surface area contributed by atoms with Crippen molar-refractivity contribution < 1.29 is 19.1 Å². The molecule has 1 saturated carbocycles. The molecule has 1 aliphatic carbocycles. The third-order valence-corrected chi connectivity index (χ3v) is 5.87. The number of hydrogen-bond acceptors (Lipinski definition) is 5. The molecule has 0 unspecified atom stereocenters. The summed E-state index contributed by atoms with van der Waals surface area (Å²) in [5, 5.41) is 9.40. The summed E-state index contributed by atoms with van der Waals surface area (Å²) < 4.78 is 11.8. The summed E-state index contributed by atoms with van der Waals surface area (Å²) in [7, 11) is 0. The van der Waals surface area contributed by atoms with Gasteiger partial charge in [-0.1, -0.05) is 30.3 Å². The maximum absolute atomic E-state index is 13.0. The number of ether oxygens (including phenoxy) is 2. The molecule has 5 rings (SSSR count). The number of fused-ring (bicyclic) bond motifs is 1. The highest BCUT2D eigenvalue weighted by molar-refractivity contribution is 6.00. The van der Waals surface area contributed by atoms with Crippen molar-refractivity contribution in [2.75, 3.05) is 18.5 Å². The van der Waals surface area contributed by atoms with E-state index >= 15 is 0 Å². The van der Waals surface area contributed by atoms with E-state index in [0.29, 0.717) is 18.8 Å². The molecule has 30 heavy (non-hydrogen) atoms. The van der Waals surface area contributed by atoms with E-state index in [0.717, 1.165) is 24.2 Å². The van der Waals surface area contributed by atoms with Crippen molar-refractivity contribution in [2.45, 2.75) is 37.1 Å². The van der Waals surface area contributed by atoms with Gasteiger partial charge in [-0.15, -0.1) is 0 Å². The van der Waals surface area contributed by atoms with Crippen LogP contribution in [-0.4, -0.2) is 49.3 Å². The summed E-state index contributed by atoms with van der Waals surface area (Å²) in [5.41, 5.74) is 2.20. The van der Waals surface area contributed by atoms with E-state index in [4.69, 9.17) is 9.47 Å². The molecule has 156 valence electrons. The van der Waals surface area contributed by atoms with E-state index in [1.54, 1.807) is 6.07 Å². The van der Waals surface area contributed by atoms with Gasteiger partial charge in [0.1, 0.15) is 12.2 Å². The number of carbonyl (C=O) groups excluding carboxylic acids is 2. The van der Waals surface area contributed by atoms with Crippen molar-refractivity contribution >= 4 is 23.2 Å². The summed E-state index contributed by atoms with van der Waals surface area (Å²) in [5.74, 6) is 0.0492. The molecule has 2 aliphatic heterocycles. The van der Waals surface area contributed by atoms with Gasteiger partial charge in [-0.2, -0.15) is 0 Å². The predicted molar refractivity (Wildman–Crippen MR) is 112 cm³/mol. The van der Waals surface area contributed by atoms with E-state index in [1.165, 1.54) is 0 Å². The SMILES string of the molecule is O=C(N[C@H]1CO[C@H]2[C@@H]1OC[C@@H]2NC(=O)C1CC1)c1ccccc1Nc1ccccc1. The molecular weight excluding hydrogens is 382 g/mol. The molecular formula is C23H25N3O4.